The number of benzene rings is 2. The normalized spacial score (nSPS) is 10.5. The van der Waals surface area contributed by atoms with Crippen LogP contribution in [0.1, 0.15) is 5.56 Å². The molecule has 0 radical (unpaired) electrons. The van der Waals surface area contributed by atoms with Crippen LogP contribution >= 0.6 is 15.9 Å². The van der Waals surface area contributed by atoms with Crippen molar-refractivity contribution in [1.82, 2.24) is 5.32 Å². The molecule has 1 N–H and O–H groups in total. The van der Waals surface area contributed by atoms with Crippen molar-refractivity contribution >= 4 is 27.9 Å². The molecule has 0 aromatic heterocycles. The number of hydrogen-bond acceptors (Lipinski definition) is 2. The topological polar surface area (TPSA) is 38.3 Å². The Kier molecular flexibility index (Phi) is 6.03. The summed E-state index contributed by atoms with van der Waals surface area (Å²) < 4.78 is 6.45. The van der Waals surface area contributed by atoms with Gasteiger partial charge in [-0.15, -0.1) is 0 Å². The molecule has 0 aliphatic heterocycles. The number of ether oxygens (including phenoxy) is 1. The molecule has 0 heterocycles. The zero-order chi connectivity index (χ0) is 14.9. The third-order valence-electron chi connectivity index (χ3n) is 2.73. The van der Waals surface area contributed by atoms with Crippen LogP contribution in [0.5, 0.6) is 5.75 Å². The van der Waals surface area contributed by atoms with E-state index >= 15 is 0 Å². The number of hydrogen-bond donors (Lipinski definition) is 1. The van der Waals surface area contributed by atoms with Gasteiger partial charge in [-0.3, -0.25) is 4.79 Å². The lowest BCUT2D eigenvalue weighted by atomic mass is 10.2. The first-order chi connectivity index (χ1) is 10.3. The number of nitrogens with one attached hydrogen (secondary N) is 1. The lowest BCUT2D eigenvalue weighted by Crippen LogP contribution is -2.26. The van der Waals surface area contributed by atoms with Gasteiger partial charge >= 0.3 is 0 Å². The SMILES string of the molecule is O=C(/C=C/c1ccccc1Br)NCCOc1ccccc1. The first-order valence-corrected chi connectivity index (χ1v) is 7.43. The van der Waals surface area contributed by atoms with E-state index in [4.69, 9.17) is 4.74 Å². The second-order valence-corrected chi connectivity index (χ2v) is 5.16. The van der Waals surface area contributed by atoms with E-state index in [2.05, 4.69) is 21.2 Å². The molecule has 0 aliphatic carbocycles. The highest BCUT2D eigenvalue weighted by Gasteiger charge is 1.97. The molecule has 0 aliphatic rings. The zero-order valence-electron chi connectivity index (χ0n) is 11.5. The molecule has 0 saturated carbocycles. The van der Waals surface area contributed by atoms with Gasteiger partial charge in [-0.25, -0.2) is 0 Å². The Hall–Kier alpha value is -2.07. The van der Waals surface area contributed by atoms with Gasteiger partial charge in [-0.05, 0) is 29.8 Å². The van der Waals surface area contributed by atoms with E-state index < -0.39 is 0 Å². The summed E-state index contributed by atoms with van der Waals surface area (Å²) >= 11 is 3.43. The molecular formula is C17H16BrNO2. The fraction of sp³-hybridized carbons (Fsp3) is 0.118. The molecule has 0 saturated heterocycles. The van der Waals surface area contributed by atoms with Crippen LogP contribution in [-0.4, -0.2) is 19.1 Å². The maximum absolute atomic E-state index is 11.7. The summed E-state index contributed by atoms with van der Waals surface area (Å²) in [5.74, 6) is 0.665. The van der Waals surface area contributed by atoms with Gasteiger partial charge in [0, 0.05) is 10.5 Å². The van der Waals surface area contributed by atoms with Gasteiger partial charge in [0.1, 0.15) is 12.4 Å². The van der Waals surface area contributed by atoms with Crippen molar-refractivity contribution in [1.29, 1.82) is 0 Å². The van der Waals surface area contributed by atoms with Gasteiger partial charge in [0.05, 0.1) is 6.54 Å². The molecule has 2 aromatic rings. The molecule has 0 bridgehead atoms. The zero-order valence-corrected chi connectivity index (χ0v) is 13.0. The maximum Gasteiger partial charge on any atom is 0.244 e. The van der Waals surface area contributed by atoms with Crippen LogP contribution < -0.4 is 10.1 Å². The number of carbonyl (C=O) groups excluding carboxylic acids is 1. The Morgan fingerprint density at radius 1 is 1.10 bits per heavy atom. The van der Waals surface area contributed by atoms with Crippen molar-refractivity contribution in [2.75, 3.05) is 13.2 Å². The van der Waals surface area contributed by atoms with Crippen LogP contribution in [0.2, 0.25) is 0 Å². The number of halogens is 1. The highest BCUT2D eigenvalue weighted by atomic mass is 79.9. The van der Waals surface area contributed by atoms with Crippen molar-refractivity contribution in [2.45, 2.75) is 0 Å². The van der Waals surface area contributed by atoms with E-state index in [1.807, 2.05) is 54.6 Å². The molecule has 3 nitrogen and oxygen atoms in total. The van der Waals surface area contributed by atoms with Gasteiger partial charge in [-0.2, -0.15) is 0 Å². The van der Waals surface area contributed by atoms with Gasteiger partial charge in [0.2, 0.25) is 5.91 Å². The molecule has 0 fully saturated rings. The van der Waals surface area contributed by atoms with Crippen LogP contribution in [0.3, 0.4) is 0 Å². The molecule has 21 heavy (non-hydrogen) atoms. The van der Waals surface area contributed by atoms with Crippen molar-refractivity contribution in [3.63, 3.8) is 0 Å². The summed E-state index contributed by atoms with van der Waals surface area (Å²) in [6.07, 6.45) is 3.29. The van der Waals surface area contributed by atoms with Gasteiger partial charge in [0.15, 0.2) is 0 Å². The van der Waals surface area contributed by atoms with E-state index in [-0.39, 0.29) is 5.91 Å². The Labute approximate surface area is 132 Å². The van der Waals surface area contributed by atoms with E-state index in [1.165, 1.54) is 6.08 Å². The summed E-state index contributed by atoms with van der Waals surface area (Å²) in [6.45, 7) is 0.909. The number of carbonyl (C=O) groups is 1. The molecule has 2 rings (SSSR count). The van der Waals surface area contributed by atoms with E-state index in [1.54, 1.807) is 6.08 Å². The average molecular weight is 346 g/mol. The largest absolute Gasteiger partial charge is 0.492 e. The first kappa shape index (κ1) is 15.3. The molecular weight excluding hydrogens is 330 g/mol. The highest BCUT2D eigenvalue weighted by Crippen LogP contribution is 2.16. The molecule has 0 atom stereocenters. The van der Waals surface area contributed by atoms with Crippen LogP contribution in [0.4, 0.5) is 0 Å². The summed E-state index contributed by atoms with van der Waals surface area (Å²) in [6, 6.07) is 17.3. The van der Waals surface area contributed by atoms with Crippen molar-refractivity contribution in [3.05, 3.63) is 70.7 Å². The minimum absolute atomic E-state index is 0.137. The first-order valence-electron chi connectivity index (χ1n) is 6.64. The van der Waals surface area contributed by atoms with Crippen molar-refractivity contribution < 1.29 is 9.53 Å². The summed E-state index contributed by atoms with van der Waals surface area (Å²) in [7, 11) is 0. The number of amides is 1. The molecule has 108 valence electrons. The summed E-state index contributed by atoms with van der Waals surface area (Å²) in [5.41, 5.74) is 0.966. The van der Waals surface area contributed by atoms with Crippen LogP contribution in [-0.2, 0) is 4.79 Å². The highest BCUT2D eigenvalue weighted by molar-refractivity contribution is 9.10. The second-order valence-electron chi connectivity index (χ2n) is 4.31. The molecule has 0 unspecified atom stereocenters. The summed E-state index contributed by atoms with van der Waals surface area (Å²) in [4.78, 5) is 11.7. The Bertz CT molecular complexity index is 611. The molecule has 2 aromatic carbocycles. The predicted molar refractivity (Wildman–Crippen MR) is 88.1 cm³/mol. The number of para-hydroxylation sites is 1. The second kappa shape index (κ2) is 8.27. The van der Waals surface area contributed by atoms with E-state index in [9.17, 15) is 4.79 Å². The van der Waals surface area contributed by atoms with E-state index in [0.29, 0.717) is 13.2 Å². The van der Waals surface area contributed by atoms with Crippen LogP contribution in [0.25, 0.3) is 6.08 Å². The quantitative estimate of drug-likeness (QED) is 0.640. The number of rotatable bonds is 6. The van der Waals surface area contributed by atoms with Crippen molar-refractivity contribution in [2.24, 2.45) is 0 Å². The average Bonchev–Trinajstić information content (AvgIpc) is 2.52. The van der Waals surface area contributed by atoms with Crippen molar-refractivity contribution in [3.8, 4) is 5.75 Å². The minimum Gasteiger partial charge on any atom is -0.492 e. The lowest BCUT2D eigenvalue weighted by molar-refractivity contribution is -0.116. The third kappa shape index (κ3) is 5.44. The summed E-state index contributed by atoms with van der Waals surface area (Å²) in [5, 5.41) is 2.78. The maximum atomic E-state index is 11.7. The Morgan fingerprint density at radius 3 is 2.57 bits per heavy atom. The molecule has 0 spiro atoms. The fourth-order valence-electron chi connectivity index (χ4n) is 1.69. The van der Waals surface area contributed by atoms with Crippen LogP contribution in [0.15, 0.2) is 65.1 Å². The van der Waals surface area contributed by atoms with Gasteiger partial charge in [0.25, 0.3) is 0 Å². The van der Waals surface area contributed by atoms with E-state index in [0.717, 1.165) is 15.8 Å². The van der Waals surface area contributed by atoms with Crippen LogP contribution in [0, 0.1) is 0 Å². The standard InChI is InChI=1S/C17H16BrNO2/c18-16-9-5-4-6-14(16)10-11-17(20)19-12-13-21-15-7-2-1-3-8-15/h1-11H,12-13H2,(H,19,20)/b11-10+. The Morgan fingerprint density at radius 2 is 1.81 bits per heavy atom. The smallest absolute Gasteiger partial charge is 0.244 e. The molecule has 1 amide bonds. The monoisotopic (exact) mass is 345 g/mol. The van der Waals surface area contributed by atoms with Gasteiger partial charge in [-0.1, -0.05) is 52.3 Å². The lowest BCUT2D eigenvalue weighted by Gasteiger charge is -2.06. The minimum atomic E-state index is -0.137. The Balaban J connectivity index is 1.72. The fourth-order valence-corrected chi connectivity index (χ4v) is 2.11. The molecule has 4 heteroatoms. The van der Waals surface area contributed by atoms with Gasteiger partial charge < -0.3 is 10.1 Å². The predicted octanol–water partition coefficient (Wildman–Crippen LogP) is 3.66. The third-order valence-corrected chi connectivity index (χ3v) is 3.45.